The number of nitrogens with two attached hydrogens (primary N) is 1. The molecule has 4 nitrogen and oxygen atoms in total. The lowest BCUT2D eigenvalue weighted by Gasteiger charge is -2.10. The van der Waals surface area contributed by atoms with Crippen LogP contribution >= 0.6 is 11.6 Å². The van der Waals surface area contributed by atoms with E-state index >= 15 is 0 Å². The zero-order valence-electron chi connectivity index (χ0n) is 11.7. The summed E-state index contributed by atoms with van der Waals surface area (Å²) in [6.45, 7) is 1.26. The minimum atomic E-state index is -0.481. The standard InChI is InChI=1S/C16H17ClN2O2/c1-21-15-5-3-2-4-13(15)10-19-9-12-7-6-11(16(18)20)8-14(12)17/h2-8,19H,9-10H2,1H3,(H2,18,20). The van der Waals surface area contributed by atoms with E-state index in [0.717, 1.165) is 16.9 Å². The number of carbonyl (C=O) groups is 1. The molecule has 21 heavy (non-hydrogen) atoms. The van der Waals surface area contributed by atoms with Crippen molar-refractivity contribution in [2.45, 2.75) is 13.1 Å². The van der Waals surface area contributed by atoms with Gasteiger partial charge in [0.2, 0.25) is 5.91 Å². The van der Waals surface area contributed by atoms with E-state index in [4.69, 9.17) is 22.1 Å². The van der Waals surface area contributed by atoms with Crippen molar-refractivity contribution in [1.29, 1.82) is 0 Å². The molecule has 0 aliphatic rings. The van der Waals surface area contributed by atoms with Crippen LogP contribution in [0, 0.1) is 0 Å². The van der Waals surface area contributed by atoms with Crippen LogP contribution in [0.4, 0.5) is 0 Å². The van der Waals surface area contributed by atoms with Crippen LogP contribution in [-0.4, -0.2) is 13.0 Å². The molecule has 2 aromatic carbocycles. The molecule has 0 aromatic heterocycles. The first-order valence-electron chi connectivity index (χ1n) is 6.52. The van der Waals surface area contributed by atoms with Gasteiger partial charge in [0.15, 0.2) is 0 Å². The van der Waals surface area contributed by atoms with Gasteiger partial charge in [-0.25, -0.2) is 0 Å². The van der Waals surface area contributed by atoms with E-state index in [2.05, 4.69) is 5.32 Å². The second-order valence-electron chi connectivity index (χ2n) is 4.59. The zero-order chi connectivity index (χ0) is 15.2. The molecule has 1 amide bonds. The molecular weight excluding hydrogens is 288 g/mol. The third-order valence-corrected chi connectivity index (χ3v) is 3.51. The monoisotopic (exact) mass is 304 g/mol. The van der Waals surface area contributed by atoms with Crippen LogP contribution in [0.5, 0.6) is 5.75 Å². The Labute approximate surface area is 128 Å². The van der Waals surface area contributed by atoms with E-state index in [1.807, 2.05) is 24.3 Å². The van der Waals surface area contributed by atoms with Gasteiger partial charge in [0.25, 0.3) is 0 Å². The van der Waals surface area contributed by atoms with Gasteiger partial charge in [0, 0.05) is 29.2 Å². The number of primary amides is 1. The molecule has 110 valence electrons. The van der Waals surface area contributed by atoms with Gasteiger partial charge in [-0.2, -0.15) is 0 Å². The number of methoxy groups -OCH3 is 1. The van der Waals surface area contributed by atoms with Gasteiger partial charge >= 0.3 is 0 Å². The van der Waals surface area contributed by atoms with E-state index in [1.54, 1.807) is 25.3 Å². The average Bonchev–Trinajstić information content (AvgIpc) is 2.49. The molecule has 2 aromatic rings. The first kappa shape index (κ1) is 15.4. The van der Waals surface area contributed by atoms with Gasteiger partial charge in [0.1, 0.15) is 5.75 Å². The number of carbonyl (C=O) groups excluding carboxylic acids is 1. The van der Waals surface area contributed by atoms with Crippen LogP contribution in [-0.2, 0) is 13.1 Å². The normalized spacial score (nSPS) is 10.4. The molecule has 0 radical (unpaired) electrons. The molecule has 0 bridgehead atoms. The Morgan fingerprint density at radius 3 is 2.57 bits per heavy atom. The second-order valence-corrected chi connectivity index (χ2v) is 4.99. The lowest BCUT2D eigenvalue weighted by Crippen LogP contribution is -2.15. The maximum absolute atomic E-state index is 11.1. The minimum Gasteiger partial charge on any atom is -0.496 e. The highest BCUT2D eigenvalue weighted by atomic mass is 35.5. The number of para-hydroxylation sites is 1. The molecule has 5 heteroatoms. The third-order valence-electron chi connectivity index (χ3n) is 3.16. The average molecular weight is 305 g/mol. The van der Waals surface area contributed by atoms with Crippen molar-refractivity contribution in [2.75, 3.05) is 7.11 Å². The quantitative estimate of drug-likeness (QED) is 0.862. The number of nitrogens with one attached hydrogen (secondary N) is 1. The van der Waals surface area contributed by atoms with Crippen molar-refractivity contribution in [1.82, 2.24) is 5.32 Å². The van der Waals surface area contributed by atoms with E-state index in [1.165, 1.54) is 0 Å². The summed E-state index contributed by atoms with van der Waals surface area (Å²) in [5.74, 6) is 0.366. The smallest absolute Gasteiger partial charge is 0.248 e. The van der Waals surface area contributed by atoms with Crippen LogP contribution in [0.2, 0.25) is 5.02 Å². The van der Waals surface area contributed by atoms with Crippen molar-refractivity contribution >= 4 is 17.5 Å². The maximum atomic E-state index is 11.1. The summed E-state index contributed by atoms with van der Waals surface area (Å²) < 4.78 is 5.30. The van der Waals surface area contributed by atoms with Gasteiger partial charge < -0.3 is 15.8 Å². The number of hydrogen-bond acceptors (Lipinski definition) is 3. The molecule has 3 N–H and O–H groups in total. The zero-order valence-corrected chi connectivity index (χ0v) is 12.5. The Hall–Kier alpha value is -2.04. The summed E-state index contributed by atoms with van der Waals surface area (Å²) in [5.41, 5.74) is 7.61. The number of halogens is 1. The van der Waals surface area contributed by atoms with Gasteiger partial charge in [0.05, 0.1) is 7.11 Å². The number of benzene rings is 2. The number of rotatable bonds is 6. The van der Waals surface area contributed by atoms with Crippen LogP contribution < -0.4 is 15.8 Å². The van der Waals surface area contributed by atoms with Crippen LogP contribution in [0.3, 0.4) is 0 Å². The van der Waals surface area contributed by atoms with Crippen molar-refractivity contribution in [3.63, 3.8) is 0 Å². The van der Waals surface area contributed by atoms with Crippen molar-refractivity contribution in [2.24, 2.45) is 5.73 Å². The predicted molar refractivity (Wildman–Crippen MR) is 83.5 cm³/mol. The number of ether oxygens (including phenoxy) is 1. The maximum Gasteiger partial charge on any atom is 0.248 e. The number of hydrogen-bond donors (Lipinski definition) is 2. The lowest BCUT2D eigenvalue weighted by atomic mass is 10.1. The Morgan fingerprint density at radius 2 is 1.90 bits per heavy atom. The molecule has 0 unspecified atom stereocenters. The van der Waals surface area contributed by atoms with Crippen molar-refractivity contribution in [3.05, 3.63) is 64.2 Å². The molecule has 0 saturated heterocycles. The molecule has 0 aliphatic heterocycles. The molecule has 0 heterocycles. The number of amides is 1. The summed E-state index contributed by atoms with van der Waals surface area (Å²) in [6, 6.07) is 12.9. The summed E-state index contributed by atoms with van der Waals surface area (Å²) >= 11 is 6.14. The Morgan fingerprint density at radius 1 is 1.19 bits per heavy atom. The molecule has 0 atom stereocenters. The Kier molecular flexibility index (Phi) is 5.20. The fraction of sp³-hybridized carbons (Fsp3) is 0.188. The van der Waals surface area contributed by atoms with E-state index in [0.29, 0.717) is 23.7 Å². The highest BCUT2D eigenvalue weighted by Gasteiger charge is 2.06. The first-order chi connectivity index (χ1) is 10.1. The molecular formula is C16H17ClN2O2. The topological polar surface area (TPSA) is 64.3 Å². The fourth-order valence-corrected chi connectivity index (χ4v) is 2.27. The highest BCUT2D eigenvalue weighted by molar-refractivity contribution is 6.31. The van der Waals surface area contributed by atoms with Gasteiger partial charge in [-0.1, -0.05) is 35.9 Å². The van der Waals surface area contributed by atoms with Crippen LogP contribution in [0.15, 0.2) is 42.5 Å². The molecule has 0 fully saturated rings. The highest BCUT2D eigenvalue weighted by Crippen LogP contribution is 2.19. The van der Waals surface area contributed by atoms with Crippen molar-refractivity contribution in [3.8, 4) is 5.75 Å². The van der Waals surface area contributed by atoms with Crippen LogP contribution in [0.25, 0.3) is 0 Å². The first-order valence-corrected chi connectivity index (χ1v) is 6.90. The lowest BCUT2D eigenvalue weighted by molar-refractivity contribution is 0.100. The van der Waals surface area contributed by atoms with Gasteiger partial charge in [-0.15, -0.1) is 0 Å². The Bertz CT molecular complexity index is 644. The van der Waals surface area contributed by atoms with Gasteiger partial charge in [-0.3, -0.25) is 4.79 Å². The Balaban J connectivity index is 1.99. The molecule has 0 spiro atoms. The second kappa shape index (κ2) is 7.11. The third kappa shape index (κ3) is 3.97. The fourth-order valence-electron chi connectivity index (χ4n) is 2.02. The molecule has 0 saturated carbocycles. The molecule has 2 rings (SSSR count). The van der Waals surface area contributed by atoms with E-state index < -0.39 is 5.91 Å². The largest absolute Gasteiger partial charge is 0.496 e. The predicted octanol–water partition coefficient (Wildman–Crippen LogP) is 2.74. The summed E-state index contributed by atoms with van der Waals surface area (Å²) in [4.78, 5) is 11.1. The van der Waals surface area contributed by atoms with Crippen molar-refractivity contribution < 1.29 is 9.53 Å². The summed E-state index contributed by atoms with van der Waals surface area (Å²) in [7, 11) is 1.65. The molecule has 0 aliphatic carbocycles. The van der Waals surface area contributed by atoms with Gasteiger partial charge in [-0.05, 0) is 23.8 Å². The van der Waals surface area contributed by atoms with E-state index in [9.17, 15) is 4.79 Å². The SMILES string of the molecule is COc1ccccc1CNCc1ccc(C(N)=O)cc1Cl. The van der Waals surface area contributed by atoms with E-state index in [-0.39, 0.29) is 0 Å². The minimum absolute atomic E-state index is 0.411. The summed E-state index contributed by atoms with van der Waals surface area (Å²) in [5, 5.41) is 3.83. The summed E-state index contributed by atoms with van der Waals surface area (Å²) in [6.07, 6.45) is 0. The van der Waals surface area contributed by atoms with Crippen LogP contribution in [0.1, 0.15) is 21.5 Å².